The molecule has 3 atom stereocenters. The molecule has 1 saturated heterocycles. The Bertz CT molecular complexity index is 515. The SMILES string of the molecule is CC1CCC(C(=O)NC2CCCc3cc(N)ccc32)O1. The fourth-order valence-corrected chi connectivity index (χ4v) is 3.24. The van der Waals surface area contributed by atoms with Crippen LogP contribution in [0.25, 0.3) is 0 Å². The van der Waals surface area contributed by atoms with E-state index in [4.69, 9.17) is 10.5 Å². The molecule has 3 unspecified atom stereocenters. The molecule has 1 fully saturated rings. The molecular weight excluding hydrogens is 252 g/mol. The van der Waals surface area contributed by atoms with Crippen LogP contribution < -0.4 is 11.1 Å². The summed E-state index contributed by atoms with van der Waals surface area (Å²) < 4.78 is 5.64. The minimum atomic E-state index is -0.274. The average Bonchev–Trinajstić information content (AvgIpc) is 2.85. The Morgan fingerprint density at radius 3 is 2.95 bits per heavy atom. The Morgan fingerprint density at radius 1 is 1.35 bits per heavy atom. The Balaban J connectivity index is 1.71. The molecule has 1 aliphatic heterocycles. The number of benzene rings is 1. The lowest BCUT2D eigenvalue weighted by atomic mass is 9.87. The summed E-state index contributed by atoms with van der Waals surface area (Å²) >= 11 is 0. The fourth-order valence-electron chi connectivity index (χ4n) is 3.24. The second kappa shape index (κ2) is 5.44. The lowest BCUT2D eigenvalue weighted by molar-refractivity contribution is -0.132. The van der Waals surface area contributed by atoms with E-state index in [1.807, 2.05) is 25.1 Å². The molecule has 3 rings (SSSR count). The zero-order chi connectivity index (χ0) is 14.1. The second-order valence-corrected chi connectivity index (χ2v) is 5.92. The smallest absolute Gasteiger partial charge is 0.249 e. The second-order valence-electron chi connectivity index (χ2n) is 5.92. The van der Waals surface area contributed by atoms with Crippen molar-refractivity contribution in [3.8, 4) is 0 Å². The summed E-state index contributed by atoms with van der Waals surface area (Å²) in [6.45, 7) is 2.02. The highest BCUT2D eigenvalue weighted by atomic mass is 16.5. The van der Waals surface area contributed by atoms with Gasteiger partial charge in [0.25, 0.3) is 0 Å². The van der Waals surface area contributed by atoms with Gasteiger partial charge in [-0.25, -0.2) is 0 Å². The van der Waals surface area contributed by atoms with E-state index < -0.39 is 0 Å². The number of ether oxygens (including phenoxy) is 1. The van der Waals surface area contributed by atoms with Crippen molar-refractivity contribution < 1.29 is 9.53 Å². The van der Waals surface area contributed by atoms with Gasteiger partial charge in [0.15, 0.2) is 0 Å². The first-order valence-electron chi connectivity index (χ1n) is 7.47. The van der Waals surface area contributed by atoms with Crippen LogP contribution in [0.1, 0.15) is 49.8 Å². The molecule has 4 heteroatoms. The monoisotopic (exact) mass is 274 g/mol. The van der Waals surface area contributed by atoms with Gasteiger partial charge in [-0.3, -0.25) is 4.79 Å². The summed E-state index contributed by atoms with van der Waals surface area (Å²) in [6.07, 6.45) is 4.84. The zero-order valence-corrected chi connectivity index (χ0v) is 11.9. The molecule has 0 aromatic heterocycles. The van der Waals surface area contributed by atoms with Crippen LogP contribution in [0.3, 0.4) is 0 Å². The van der Waals surface area contributed by atoms with Crippen molar-refractivity contribution >= 4 is 11.6 Å². The Morgan fingerprint density at radius 2 is 2.20 bits per heavy atom. The van der Waals surface area contributed by atoms with Gasteiger partial charge in [-0.1, -0.05) is 6.07 Å². The largest absolute Gasteiger partial charge is 0.399 e. The first kappa shape index (κ1) is 13.4. The van der Waals surface area contributed by atoms with Crippen LogP contribution in [-0.4, -0.2) is 18.1 Å². The fraction of sp³-hybridized carbons (Fsp3) is 0.562. The number of amides is 1. The van der Waals surface area contributed by atoms with Gasteiger partial charge >= 0.3 is 0 Å². The van der Waals surface area contributed by atoms with Gasteiger partial charge in [-0.05, 0) is 62.3 Å². The summed E-state index contributed by atoms with van der Waals surface area (Å²) in [5.41, 5.74) is 9.11. The van der Waals surface area contributed by atoms with Crippen LogP contribution in [0.4, 0.5) is 5.69 Å². The Hall–Kier alpha value is -1.55. The van der Waals surface area contributed by atoms with E-state index >= 15 is 0 Å². The first-order valence-corrected chi connectivity index (χ1v) is 7.47. The topological polar surface area (TPSA) is 64.4 Å². The van der Waals surface area contributed by atoms with Gasteiger partial charge in [-0.15, -0.1) is 0 Å². The van der Waals surface area contributed by atoms with E-state index in [1.54, 1.807) is 0 Å². The molecular formula is C16H22N2O2. The third kappa shape index (κ3) is 2.66. The third-order valence-electron chi connectivity index (χ3n) is 4.32. The molecule has 1 aliphatic carbocycles. The van der Waals surface area contributed by atoms with Crippen LogP contribution in [0.2, 0.25) is 0 Å². The number of aryl methyl sites for hydroxylation is 1. The van der Waals surface area contributed by atoms with Crippen molar-refractivity contribution in [2.24, 2.45) is 0 Å². The number of hydrogen-bond donors (Lipinski definition) is 2. The normalized spacial score (nSPS) is 28.9. The zero-order valence-electron chi connectivity index (χ0n) is 11.9. The predicted molar refractivity (Wildman–Crippen MR) is 78.2 cm³/mol. The van der Waals surface area contributed by atoms with Gasteiger partial charge in [-0.2, -0.15) is 0 Å². The Labute approximate surface area is 119 Å². The van der Waals surface area contributed by atoms with E-state index in [-0.39, 0.29) is 24.2 Å². The van der Waals surface area contributed by atoms with Gasteiger partial charge in [0.05, 0.1) is 12.1 Å². The molecule has 20 heavy (non-hydrogen) atoms. The van der Waals surface area contributed by atoms with Crippen LogP contribution in [0, 0.1) is 0 Å². The van der Waals surface area contributed by atoms with E-state index in [1.165, 1.54) is 11.1 Å². The lowest BCUT2D eigenvalue weighted by Crippen LogP contribution is -2.38. The number of nitrogens with two attached hydrogens (primary N) is 1. The molecule has 3 N–H and O–H groups in total. The van der Waals surface area contributed by atoms with E-state index in [2.05, 4.69) is 5.32 Å². The summed E-state index contributed by atoms with van der Waals surface area (Å²) in [6, 6.07) is 6.10. The number of fused-ring (bicyclic) bond motifs is 1. The maximum atomic E-state index is 12.3. The minimum absolute atomic E-state index is 0.0315. The molecule has 0 bridgehead atoms. The molecule has 1 aromatic rings. The van der Waals surface area contributed by atoms with Gasteiger partial charge < -0.3 is 15.8 Å². The predicted octanol–water partition coefficient (Wildman–Crippen LogP) is 2.33. The van der Waals surface area contributed by atoms with E-state index in [0.717, 1.165) is 37.8 Å². The number of hydrogen-bond acceptors (Lipinski definition) is 3. The standard InChI is InChI=1S/C16H22N2O2/c1-10-5-8-15(20-10)16(19)18-14-4-2-3-11-9-12(17)6-7-13(11)14/h6-7,9-10,14-15H,2-5,8,17H2,1H3,(H,18,19). The summed E-state index contributed by atoms with van der Waals surface area (Å²) in [5, 5.41) is 3.15. The number of nitrogens with one attached hydrogen (secondary N) is 1. The minimum Gasteiger partial charge on any atom is -0.399 e. The highest BCUT2D eigenvalue weighted by molar-refractivity contribution is 5.81. The first-order chi connectivity index (χ1) is 9.63. The number of nitrogen functional groups attached to an aromatic ring is 1. The maximum Gasteiger partial charge on any atom is 0.249 e. The lowest BCUT2D eigenvalue weighted by Gasteiger charge is -2.27. The van der Waals surface area contributed by atoms with Crippen molar-refractivity contribution in [2.45, 2.75) is 57.3 Å². The molecule has 0 radical (unpaired) electrons. The number of anilines is 1. The summed E-state index contributed by atoms with van der Waals surface area (Å²) in [5.74, 6) is 0.0315. The van der Waals surface area contributed by atoms with Gasteiger partial charge in [0, 0.05) is 5.69 Å². The van der Waals surface area contributed by atoms with Crippen molar-refractivity contribution in [1.82, 2.24) is 5.32 Å². The third-order valence-corrected chi connectivity index (χ3v) is 4.32. The summed E-state index contributed by atoms with van der Waals surface area (Å²) in [7, 11) is 0. The number of carbonyl (C=O) groups is 1. The molecule has 108 valence electrons. The van der Waals surface area contributed by atoms with E-state index in [0.29, 0.717) is 0 Å². The molecule has 4 nitrogen and oxygen atoms in total. The van der Waals surface area contributed by atoms with Crippen LogP contribution >= 0.6 is 0 Å². The van der Waals surface area contributed by atoms with Gasteiger partial charge in [0.2, 0.25) is 5.91 Å². The van der Waals surface area contributed by atoms with E-state index in [9.17, 15) is 4.79 Å². The van der Waals surface area contributed by atoms with Gasteiger partial charge in [0.1, 0.15) is 6.10 Å². The Kier molecular flexibility index (Phi) is 3.66. The molecule has 0 saturated carbocycles. The molecule has 1 heterocycles. The highest BCUT2D eigenvalue weighted by Gasteiger charge is 2.30. The van der Waals surface area contributed by atoms with Crippen LogP contribution in [0.15, 0.2) is 18.2 Å². The summed E-state index contributed by atoms with van der Waals surface area (Å²) in [4.78, 5) is 12.3. The molecule has 1 aromatic carbocycles. The van der Waals surface area contributed by atoms with Crippen molar-refractivity contribution in [3.05, 3.63) is 29.3 Å². The van der Waals surface area contributed by atoms with Crippen molar-refractivity contribution in [3.63, 3.8) is 0 Å². The van der Waals surface area contributed by atoms with Crippen molar-refractivity contribution in [1.29, 1.82) is 0 Å². The van der Waals surface area contributed by atoms with Crippen LogP contribution in [0.5, 0.6) is 0 Å². The molecule has 1 amide bonds. The number of carbonyl (C=O) groups excluding carboxylic acids is 1. The molecule has 2 aliphatic rings. The average molecular weight is 274 g/mol. The highest BCUT2D eigenvalue weighted by Crippen LogP contribution is 2.31. The number of rotatable bonds is 2. The molecule has 0 spiro atoms. The maximum absolute atomic E-state index is 12.3. The quantitative estimate of drug-likeness (QED) is 0.814. The van der Waals surface area contributed by atoms with Crippen LogP contribution in [-0.2, 0) is 16.0 Å². The van der Waals surface area contributed by atoms with Crippen molar-refractivity contribution in [2.75, 3.05) is 5.73 Å².